The summed E-state index contributed by atoms with van der Waals surface area (Å²) < 4.78 is 23.3. The van der Waals surface area contributed by atoms with E-state index in [0.29, 0.717) is 6.54 Å². The van der Waals surface area contributed by atoms with Crippen molar-refractivity contribution >= 4 is 17.3 Å². The number of carbonyl (C=O) groups excluding carboxylic acids is 1. The van der Waals surface area contributed by atoms with Crippen LogP contribution < -0.4 is 11.1 Å². The van der Waals surface area contributed by atoms with E-state index in [9.17, 15) is 9.18 Å². The summed E-state index contributed by atoms with van der Waals surface area (Å²) in [7, 11) is 2.92. The van der Waals surface area contributed by atoms with Crippen molar-refractivity contribution in [3.8, 4) is 0 Å². The quantitative estimate of drug-likeness (QED) is 0.436. The molecule has 0 heterocycles. The summed E-state index contributed by atoms with van der Waals surface area (Å²) in [4.78, 5) is 11.5. The summed E-state index contributed by atoms with van der Waals surface area (Å²) in [5.41, 5.74) is 6.08. The van der Waals surface area contributed by atoms with E-state index in [-0.39, 0.29) is 16.9 Å². The lowest BCUT2D eigenvalue weighted by atomic mass is 10.1. The van der Waals surface area contributed by atoms with E-state index in [0.717, 1.165) is 31.9 Å². The number of anilines is 2. The monoisotopic (exact) mass is 284 g/mol. The lowest BCUT2D eigenvalue weighted by molar-refractivity contribution is 0.0602. The molecule has 0 aliphatic rings. The number of hydrogen-bond acceptors (Lipinski definition) is 5. The Balaban J connectivity index is 2.59. The van der Waals surface area contributed by atoms with Crippen LogP contribution in [0.3, 0.4) is 0 Å². The fourth-order valence-corrected chi connectivity index (χ4v) is 1.78. The standard InChI is InChI=1S/C14H21FN2O3/c1-19-7-5-3-4-6-17-13-8-10(14(18)20-2)12(16)9-11(13)15/h8-9,17H,3-7,16H2,1-2H3. The normalized spacial score (nSPS) is 10.3. The van der Waals surface area contributed by atoms with Crippen LogP contribution in [0.5, 0.6) is 0 Å². The number of methoxy groups -OCH3 is 2. The van der Waals surface area contributed by atoms with E-state index in [1.807, 2.05) is 0 Å². The summed E-state index contributed by atoms with van der Waals surface area (Å²) in [5.74, 6) is -1.06. The Morgan fingerprint density at radius 3 is 2.70 bits per heavy atom. The van der Waals surface area contributed by atoms with Gasteiger partial charge in [0.05, 0.1) is 18.4 Å². The van der Waals surface area contributed by atoms with E-state index in [4.69, 9.17) is 10.5 Å². The predicted octanol–water partition coefficient (Wildman–Crippen LogP) is 2.42. The molecule has 0 saturated carbocycles. The van der Waals surface area contributed by atoms with Gasteiger partial charge in [0.25, 0.3) is 0 Å². The number of esters is 1. The largest absolute Gasteiger partial charge is 0.465 e. The van der Waals surface area contributed by atoms with Crippen LogP contribution in [-0.4, -0.2) is 33.3 Å². The van der Waals surface area contributed by atoms with Crippen molar-refractivity contribution in [2.45, 2.75) is 19.3 Å². The molecule has 20 heavy (non-hydrogen) atoms. The molecule has 0 unspecified atom stereocenters. The van der Waals surface area contributed by atoms with Gasteiger partial charge >= 0.3 is 5.97 Å². The summed E-state index contributed by atoms with van der Waals surface area (Å²) in [6, 6.07) is 2.51. The minimum atomic E-state index is -0.578. The first kappa shape index (κ1) is 16.2. The van der Waals surface area contributed by atoms with Gasteiger partial charge in [0, 0.05) is 25.9 Å². The average Bonchev–Trinajstić information content (AvgIpc) is 2.43. The second-order valence-corrected chi connectivity index (χ2v) is 4.39. The molecule has 6 heteroatoms. The van der Waals surface area contributed by atoms with Crippen LogP contribution in [0.2, 0.25) is 0 Å². The van der Waals surface area contributed by atoms with Crippen molar-refractivity contribution in [2.24, 2.45) is 0 Å². The number of ether oxygens (including phenoxy) is 2. The highest BCUT2D eigenvalue weighted by molar-refractivity contribution is 5.96. The van der Waals surface area contributed by atoms with Crippen molar-refractivity contribution in [1.29, 1.82) is 0 Å². The van der Waals surface area contributed by atoms with Gasteiger partial charge in [-0.15, -0.1) is 0 Å². The van der Waals surface area contributed by atoms with E-state index in [1.165, 1.54) is 13.2 Å². The Hall–Kier alpha value is -1.82. The summed E-state index contributed by atoms with van der Waals surface area (Å²) in [6.07, 6.45) is 2.85. The van der Waals surface area contributed by atoms with Gasteiger partial charge in [0.15, 0.2) is 0 Å². The summed E-state index contributed by atoms with van der Waals surface area (Å²) >= 11 is 0. The van der Waals surface area contributed by atoms with Gasteiger partial charge in [-0.3, -0.25) is 0 Å². The molecule has 0 saturated heterocycles. The van der Waals surface area contributed by atoms with Gasteiger partial charge in [-0.25, -0.2) is 9.18 Å². The first-order valence-electron chi connectivity index (χ1n) is 6.50. The molecule has 0 spiro atoms. The fraction of sp³-hybridized carbons (Fsp3) is 0.500. The molecule has 0 bridgehead atoms. The Labute approximate surface area is 118 Å². The van der Waals surface area contributed by atoms with Crippen LogP contribution in [0.1, 0.15) is 29.6 Å². The average molecular weight is 284 g/mol. The highest BCUT2D eigenvalue weighted by Gasteiger charge is 2.14. The maximum Gasteiger partial charge on any atom is 0.340 e. The zero-order valence-corrected chi connectivity index (χ0v) is 11.9. The SMILES string of the molecule is COCCCCCNc1cc(C(=O)OC)c(N)cc1F. The topological polar surface area (TPSA) is 73.6 Å². The summed E-state index contributed by atoms with van der Waals surface area (Å²) in [6.45, 7) is 1.34. The van der Waals surface area contributed by atoms with Gasteiger partial charge in [-0.2, -0.15) is 0 Å². The van der Waals surface area contributed by atoms with Crippen LogP contribution in [-0.2, 0) is 9.47 Å². The number of nitrogen functional groups attached to an aromatic ring is 1. The lowest BCUT2D eigenvalue weighted by Crippen LogP contribution is -2.10. The minimum absolute atomic E-state index is 0.0694. The molecule has 0 aliphatic carbocycles. The van der Waals surface area contributed by atoms with E-state index in [2.05, 4.69) is 10.1 Å². The smallest absolute Gasteiger partial charge is 0.340 e. The van der Waals surface area contributed by atoms with Crippen LogP contribution in [0.4, 0.5) is 15.8 Å². The minimum Gasteiger partial charge on any atom is -0.465 e. The van der Waals surface area contributed by atoms with Crippen LogP contribution in [0.15, 0.2) is 12.1 Å². The van der Waals surface area contributed by atoms with Crippen LogP contribution in [0.25, 0.3) is 0 Å². The Morgan fingerprint density at radius 1 is 1.30 bits per heavy atom. The molecule has 0 aromatic heterocycles. The second-order valence-electron chi connectivity index (χ2n) is 4.39. The number of nitrogens with one attached hydrogen (secondary N) is 1. The van der Waals surface area contributed by atoms with Crippen molar-refractivity contribution in [3.05, 3.63) is 23.5 Å². The number of hydrogen-bond donors (Lipinski definition) is 2. The third kappa shape index (κ3) is 4.70. The van der Waals surface area contributed by atoms with Crippen molar-refractivity contribution < 1.29 is 18.7 Å². The van der Waals surface area contributed by atoms with Gasteiger partial charge in [-0.1, -0.05) is 0 Å². The third-order valence-corrected chi connectivity index (χ3v) is 2.89. The predicted molar refractivity (Wildman–Crippen MR) is 76.4 cm³/mol. The molecular weight excluding hydrogens is 263 g/mol. The first-order valence-corrected chi connectivity index (χ1v) is 6.50. The van der Waals surface area contributed by atoms with Gasteiger partial charge in [0.1, 0.15) is 5.82 Å². The third-order valence-electron chi connectivity index (χ3n) is 2.89. The number of nitrogens with two attached hydrogens (primary N) is 1. The zero-order valence-electron chi connectivity index (χ0n) is 11.9. The van der Waals surface area contributed by atoms with E-state index < -0.39 is 11.8 Å². The van der Waals surface area contributed by atoms with Crippen molar-refractivity contribution in [3.63, 3.8) is 0 Å². The lowest BCUT2D eigenvalue weighted by Gasteiger charge is -2.11. The first-order chi connectivity index (χ1) is 9.60. The number of benzene rings is 1. The molecule has 0 radical (unpaired) electrons. The molecule has 0 amide bonds. The highest BCUT2D eigenvalue weighted by Crippen LogP contribution is 2.23. The molecule has 5 nitrogen and oxygen atoms in total. The van der Waals surface area contributed by atoms with Gasteiger partial charge in [-0.05, 0) is 31.4 Å². The Kier molecular flexibility index (Phi) is 6.79. The molecule has 112 valence electrons. The van der Waals surface area contributed by atoms with Crippen molar-refractivity contribution in [1.82, 2.24) is 0 Å². The molecule has 3 N–H and O–H groups in total. The number of carbonyl (C=O) groups is 1. The number of halogens is 1. The molecule has 0 atom stereocenters. The van der Waals surface area contributed by atoms with Gasteiger partial charge < -0.3 is 20.5 Å². The molecule has 1 aromatic carbocycles. The molecular formula is C14H21FN2O3. The molecule has 1 aromatic rings. The number of unbranched alkanes of at least 4 members (excludes halogenated alkanes) is 2. The fourth-order valence-electron chi connectivity index (χ4n) is 1.78. The Bertz CT molecular complexity index is 452. The second kappa shape index (κ2) is 8.37. The van der Waals surface area contributed by atoms with Crippen LogP contribution in [0, 0.1) is 5.82 Å². The van der Waals surface area contributed by atoms with Gasteiger partial charge in [0.2, 0.25) is 0 Å². The maximum absolute atomic E-state index is 13.7. The van der Waals surface area contributed by atoms with E-state index in [1.54, 1.807) is 7.11 Å². The highest BCUT2D eigenvalue weighted by atomic mass is 19.1. The summed E-state index contributed by atoms with van der Waals surface area (Å²) in [5, 5.41) is 2.96. The Morgan fingerprint density at radius 2 is 2.05 bits per heavy atom. The van der Waals surface area contributed by atoms with Crippen LogP contribution >= 0.6 is 0 Å². The zero-order chi connectivity index (χ0) is 15.0. The molecule has 0 aliphatic heterocycles. The number of rotatable bonds is 8. The van der Waals surface area contributed by atoms with Crippen molar-refractivity contribution in [2.75, 3.05) is 38.4 Å². The maximum atomic E-state index is 13.7. The van der Waals surface area contributed by atoms with E-state index >= 15 is 0 Å². The molecule has 0 fully saturated rings. The molecule has 1 rings (SSSR count).